The predicted octanol–water partition coefficient (Wildman–Crippen LogP) is 11.1. The second-order valence-electron chi connectivity index (χ2n) is 18.6. The number of ether oxygens (including phenoxy) is 2. The average molecular weight is 913 g/mol. The van der Waals surface area contributed by atoms with Crippen LogP contribution in [0.4, 0.5) is 0 Å². The molecule has 1 aliphatic rings. The molecule has 6 atom stereocenters. The van der Waals surface area contributed by atoms with Crippen molar-refractivity contribution in [3.05, 3.63) is 36.5 Å². The number of likely N-dealkylation sites (N-methyl/N-ethyl adjacent to an activating group) is 1. The fraction of sp³-hybridized carbons (Fsp3) is 0.820. The second-order valence-corrected chi connectivity index (χ2v) is 20.1. The fourth-order valence-electron chi connectivity index (χ4n) is 7.60. The summed E-state index contributed by atoms with van der Waals surface area (Å²) in [7, 11) is 1.33. The van der Waals surface area contributed by atoms with E-state index in [0.717, 1.165) is 70.6 Å². The second kappa shape index (κ2) is 37.0. The Balaban J connectivity index is 2.41. The Kier molecular flexibility index (Phi) is 34.5. The molecule has 3 N–H and O–H groups in total. The Hall–Kier alpha value is -2.18. The van der Waals surface area contributed by atoms with Gasteiger partial charge in [-0.3, -0.25) is 23.4 Å². The number of aliphatic hydroxyl groups is 2. The summed E-state index contributed by atoms with van der Waals surface area (Å²) in [4.78, 5) is 48.3. The van der Waals surface area contributed by atoms with Gasteiger partial charge in [0, 0.05) is 25.2 Å². The van der Waals surface area contributed by atoms with Crippen LogP contribution in [0.15, 0.2) is 36.5 Å². The van der Waals surface area contributed by atoms with Crippen LogP contribution in [0.1, 0.15) is 187 Å². The van der Waals surface area contributed by atoms with Gasteiger partial charge < -0.3 is 29.1 Å². The van der Waals surface area contributed by atoms with E-state index >= 15 is 0 Å². The average Bonchev–Trinajstić information content (AvgIpc) is 3.50. The molecule has 0 aromatic heterocycles. The standard InChI is InChI=1S/C50H90NO11P/c1-6-8-10-11-12-13-14-15-16-17-18-19-20-21-22-23-24-25-30-34-49(55)59-41-44(42-61-63(57,58)60-39-38-51(3,4)5)62-50(56)35-31-27-26-29-33-45-46(48(54)40-47(45)53)37-36-43(52)32-28-9-7-2/h12-13,15-16,36-37,43-47,52-53H,6-11,14,17-35,38-42H2,1-5H3/p+1/b13-12-,16-15-,37-36+/t43-,44+,45+,46+,47-/m0/s1. The van der Waals surface area contributed by atoms with Crippen molar-refractivity contribution in [2.75, 3.05) is 47.5 Å². The van der Waals surface area contributed by atoms with Gasteiger partial charge in [0.25, 0.3) is 0 Å². The molecule has 0 aromatic carbocycles. The summed E-state index contributed by atoms with van der Waals surface area (Å²) in [5.41, 5.74) is 0. The number of esters is 2. The van der Waals surface area contributed by atoms with Crippen LogP contribution in [0.2, 0.25) is 0 Å². The molecule has 0 aromatic rings. The van der Waals surface area contributed by atoms with Crippen LogP contribution < -0.4 is 0 Å². The number of hydrogen-bond donors (Lipinski definition) is 3. The highest BCUT2D eigenvalue weighted by atomic mass is 31.2. The van der Waals surface area contributed by atoms with E-state index in [4.69, 9.17) is 18.5 Å². The van der Waals surface area contributed by atoms with Crippen molar-refractivity contribution in [2.45, 2.75) is 206 Å². The van der Waals surface area contributed by atoms with Gasteiger partial charge in [-0.25, -0.2) is 4.57 Å². The third-order valence-electron chi connectivity index (χ3n) is 11.5. The number of Topliss-reactive ketones (excluding diaryl/α,β-unsaturated/α-hetero) is 1. The van der Waals surface area contributed by atoms with Crippen LogP contribution in [0, 0.1) is 11.8 Å². The maximum atomic E-state index is 12.9. The molecule has 1 unspecified atom stereocenters. The van der Waals surface area contributed by atoms with E-state index in [9.17, 15) is 34.1 Å². The lowest BCUT2D eigenvalue weighted by molar-refractivity contribution is -0.870. The molecule has 12 nitrogen and oxygen atoms in total. The topological polar surface area (TPSA) is 166 Å². The van der Waals surface area contributed by atoms with Crippen molar-refractivity contribution in [3.8, 4) is 0 Å². The molecule has 1 aliphatic carbocycles. The minimum Gasteiger partial charge on any atom is -0.462 e. The van der Waals surface area contributed by atoms with E-state index in [0.29, 0.717) is 36.7 Å². The summed E-state index contributed by atoms with van der Waals surface area (Å²) < 4.78 is 34.4. The summed E-state index contributed by atoms with van der Waals surface area (Å²) >= 11 is 0. The molecule has 0 bridgehead atoms. The Labute approximate surface area is 382 Å². The largest absolute Gasteiger partial charge is 0.472 e. The molecular weight excluding hydrogens is 822 g/mol. The van der Waals surface area contributed by atoms with Crippen molar-refractivity contribution in [2.24, 2.45) is 11.8 Å². The zero-order valence-corrected chi connectivity index (χ0v) is 41.2. The first-order valence-electron chi connectivity index (χ1n) is 24.8. The highest BCUT2D eigenvalue weighted by molar-refractivity contribution is 7.47. The SMILES string of the molecule is CCCCC/C=C\C/C=C\CCCCCCCCCCCC(=O)OC[C@H](COP(=O)(O)OCC[N+](C)(C)C)OC(=O)CCCCCC[C@H]1[C@@H](O)CC(=O)[C@@H]1/C=C/[C@@H](O)CCCCC. The van der Waals surface area contributed by atoms with Crippen molar-refractivity contribution >= 4 is 25.5 Å². The lowest BCUT2D eigenvalue weighted by atomic mass is 9.88. The smallest absolute Gasteiger partial charge is 0.462 e. The molecule has 0 radical (unpaired) electrons. The normalized spacial score (nSPS) is 19.0. The Morgan fingerprint density at radius 3 is 1.92 bits per heavy atom. The highest BCUT2D eigenvalue weighted by Crippen LogP contribution is 2.43. The van der Waals surface area contributed by atoms with E-state index in [1.165, 1.54) is 57.8 Å². The first kappa shape index (κ1) is 58.8. The summed E-state index contributed by atoms with van der Waals surface area (Å²) in [6.07, 6.45) is 35.2. The highest BCUT2D eigenvalue weighted by Gasteiger charge is 2.39. The number of phosphoric acid groups is 1. The van der Waals surface area contributed by atoms with E-state index < -0.39 is 50.6 Å². The number of carbonyl (C=O) groups is 3. The van der Waals surface area contributed by atoms with Crippen molar-refractivity contribution < 1.29 is 57.1 Å². The molecule has 0 spiro atoms. The van der Waals surface area contributed by atoms with E-state index in [2.05, 4.69) is 38.2 Å². The molecule has 1 fully saturated rings. The summed E-state index contributed by atoms with van der Waals surface area (Å²) in [5.74, 6) is -1.54. The maximum Gasteiger partial charge on any atom is 0.472 e. The molecule has 1 rings (SSSR count). The molecule has 366 valence electrons. The van der Waals surface area contributed by atoms with Gasteiger partial charge in [0.1, 0.15) is 25.5 Å². The van der Waals surface area contributed by atoms with Gasteiger partial charge >= 0.3 is 19.8 Å². The summed E-state index contributed by atoms with van der Waals surface area (Å²) in [6.45, 7) is 4.03. The predicted molar refractivity (Wildman–Crippen MR) is 253 cm³/mol. The molecule has 0 aliphatic heterocycles. The zero-order valence-electron chi connectivity index (χ0n) is 40.3. The van der Waals surface area contributed by atoms with Crippen molar-refractivity contribution in [1.82, 2.24) is 0 Å². The number of ketones is 1. The number of aliphatic hydroxyl groups excluding tert-OH is 2. The third kappa shape index (κ3) is 33.9. The lowest BCUT2D eigenvalue weighted by Gasteiger charge is -2.24. The first-order chi connectivity index (χ1) is 30.2. The zero-order chi connectivity index (χ0) is 46.6. The van der Waals surface area contributed by atoms with Gasteiger partial charge in [0.15, 0.2) is 6.10 Å². The van der Waals surface area contributed by atoms with E-state index in [1.807, 2.05) is 21.1 Å². The van der Waals surface area contributed by atoms with Gasteiger partial charge in [-0.05, 0) is 63.7 Å². The van der Waals surface area contributed by atoms with Gasteiger partial charge in [-0.2, -0.15) is 0 Å². The van der Waals surface area contributed by atoms with Gasteiger partial charge in [0.2, 0.25) is 0 Å². The Morgan fingerprint density at radius 2 is 1.30 bits per heavy atom. The first-order valence-corrected chi connectivity index (χ1v) is 26.3. The van der Waals surface area contributed by atoms with Crippen LogP contribution in [0.25, 0.3) is 0 Å². The molecule has 0 amide bonds. The van der Waals surface area contributed by atoms with Gasteiger partial charge in [-0.1, -0.05) is 147 Å². The number of hydrogen-bond acceptors (Lipinski definition) is 10. The minimum atomic E-state index is -4.45. The Morgan fingerprint density at radius 1 is 0.746 bits per heavy atom. The molecule has 13 heteroatoms. The quantitative estimate of drug-likeness (QED) is 0.0176. The number of unbranched alkanes of at least 4 members (excludes halogenated alkanes) is 17. The van der Waals surface area contributed by atoms with Crippen LogP contribution in [-0.2, 0) is 37.5 Å². The molecule has 63 heavy (non-hydrogen) atoms. The number of phosphoric ester groups is 1. The van der Waals surface area contributed by atoms with Crippen molar-refractivity contribution in [1.29, 1.82) is 0 Å². The molecule has 0 saturated heterocycles. The van der Waals surface area contributed by atoms with Gasteiger partial charge in [0.05, 0.1) is 40.0 Å². The molecule has 0 heterocycles. The number of rotatable bonds is 41. The number of nitrogens with zero attached hydrogens (tertiary/aromatic N) is 1. The van der Waals surface area contributed by atoms with Gasteiger partial charge in [-0.15, -0.1) is 0 Å². The van der Waals surface area contributed by atoms with E-state index in [-0.39, 0.29) is 44.2 Å². The molecule has 1 saturated carbocycles. The number of allylic oxidation sites excluding steroid dienone is 5. The lowest BCUT2D eigenvalue weighted by Crippen LogP contribution is -2.37. The molecular formula is C50H91NO11P+. The number of carbonyl (C=O) groups excluding carboxylic acids is 3. The third-order valence-corrected chi connectivity index (χ3v) is 12.5. The fourth-order valence-corrected chi connectivity index (χ4v) is 8.34. The minimum absolute atomic E-state index is 0.00268. The van der Waals surface area contributed by atoms with Crippen molar-refractivity contribution in [3.63, 3.8) is 0 Å². The van der Waals surface area contributed by atoms with Crippen LogP contribution in [0.5, 0.6) is 0 Å². The maximum absolute atomic E-state index is 12.9. The number of quaternary nitrogens is 1. The summed E-state index contributed by atoms with van der Waals surface area (Å²) in [5, 5.41) is 20.8. The Bertz CT molecular complexity index is 1330. The van der Waals surface area contributed by atoms with Crippen LogP contribution in [0.3, 0.4) is 0 Å². The monoisotopic (exact) mass is 913 g/mol. The van der Waals surface area contributed by atoms with Crippen LogP contribution in [-0.4, -0.2) is 103 Å². The summed E-state index contributed by atoms with van der Waals surface area (Å²) in [6, 6.07) is 0. The van der Waals surface area contributed by atoms with E-state index in [1.54, 1.807) is 12.2 Å². The van der Waals surface area contributed by atoms with Crippen LogP contribution >= 0.6 is 7.82 Å².